The van der Waals surface area contributed by atoms with Gasteiger partial charge in [0, 0.05) is 16.7 Å². The Morgan fingerprint density at radius 1 is 0.971 bits per heavy atom. The van der Waals surface area contributed by atoms with E-state index in [0.29, 0.717) is 17.9 Å². The lowest BCUT2D eigenvalue weighted by Crippen LogP contribution is -2.22. The van der Waals surface area contributed by atoms with Crippen LogP contribution in [0.4, 0.5) is 0 Å². The summed E-state index contributed by atoms with van der Waals surface area (Å²) < 4.78 is 5.48. The van der Waals surface area contributed by atoms with Gasteiger partial charge in [-0.1, -0.05) is 66.7 Å². The number of H-pyrrole nitrogens is 1. The van der Waals surface area contributed by atoms with Crippen molar-refractivity contribution < 1.29 is 14.6 Å². The molecule has 0 saturated heterocycles. The zero-order valence-corrected chi connectivity index (χ0v) is 20.1. The molecule has 1 atom stereocenters. The highest BCUT2D eigenvalue weighted by Crippen LogP contribution is 2.33. The lowest BCUT2D eigenvalue weighted by molar-refractivity contribution is -0.144. The van der Waals surface area contributed by atoms with E-state index in [0.717, 1.165) is 27.3 Å². The largest absolute Gasteiger partial charge is 0.479 e. The van der Waals surface area contributed by atoms with Gasteiger partial charge in [-0.25, -0.2) is 9.89 Å². The zero-order valence-electron chi connectivity index (χ0n) is 19.3. The van der Waals surface area contributed by atoms with Gasteiger partial charge in [-0.3, -0.25) is 4.79 Å². The van der Waals surface area contributed by atoms with Gasteiger partial charge >= 0.3 is 5.97 Å². The highest BCUT2D eigenvalue weighted by atomic mass is 32.2. The van der Waals surface area contributed by atoms with E-state index in [1.807, 2.05) is 54.6 Å². The molecule has 0 radical (unpaired) electrons. The fraction of sp³-hybridized carbons (Fsp3) is 0.179. The van der Waals surface area contributed by atoms with Crippen LogP contribution in [0.2, 0.25) is 0 Å². The zero-order chi connectivity index (χ0) is 24.6. The van der Waals surface area contributed by atoms with Crippen molar-refractivity contribution in [3.8, 4) is 5.75 Å². The number of aromatic nitrogens is 2. The monoisotopic (exact) mass is 486 g/mol. The fourth-order valence-corrected chi connectivity index (χ4v) is 4.80. The predicted octanol–water partition coefficient (Wildman–Crippen LogP) is 5.14. The predicted molar refractivity (Wildman–Crippen MR) is 137 cm³/mol. The summed E-state index contributed by atoms with van der Waals surface area (Å²) >= 11 is 1.62. The van der Waals surface area contributed by atoms with E-state index in [9.17, 15) is 9.59 Å². The molecule has 0 aliphatic heterocycles. The van der Waals surface area contributed by atoms with Crippen molar-refractivity contribution in [3.05, 3.63) is 124 Å². The van der Waals surface area contributed by atoms with Crippen LogP contribution in [0.15, 0.2) is 101 Å². The molecule has 0 spiro atoms. The maximum Gasteiger partial charge on any atom is 0.344 e. The summed E-state index contributed by atoms with van der Waals surface area (Å²) in [7, 11) is 0. The average molecular weight is 487 g/mol. The van der Waals surface area contributed by atoms with Gasteiger partial charge in [0.1, 0.15) is 5.75 Å². The second kappa shape index (κ2) is 11.5. The molecule has 0 bridgehead atoms. The lowest BCUT2D eigenvalue weighted by atomic mass is 9.86. The van der Waals surface area contributed by atoms with Gasteiger partial charge in [-0.2, -0.15) is 5.10 Å². The number of hydrogen-bond donors (Lipinski definition) is 2. The molecule has 35 heavy (non-hydrogen) atoms. The number of hydrogen-bond acceptors (Lipinski definition) is 5. The third-order valence-electron chi connectivity index (χ3n) is 5.57. The number of aromatic amines is 1. The second-order valence-electron chi connectivity index (χ2n) is 8.07. The first kappa shape index (κ1) is 24.3. The van der Waals surface area contributed by atoms with Gasteiger partial charge in [0.25, 0.3) is 5.56 Å². The van der Waals surface area contributed by atoms with E-state index < -0.39 is 12.1 Å². The number of ether oxygens (including phenoxy) is 1. The Balaban J connectivity index is 1.56. The molecule has 0 aliphatic rings. The van der Waals surface area contributed by atoms with E-state index in [1.54, 1.807) is 23.9 Å². The molecule has 1 heterocycles. The number of aliphatic carboxylic acids is 1. The molecule has 178 valence electrons. The number of nitrogens with one attached hydrogen (secondary N) is 1. The van der Waals surface area contributed by atoms with Gasteiger partial charge in [0.2, 0.25) is 0 Å². The van der Waals surface area contributed by atoms with Gasteiger partial charge in [0.05, 0.1) is 11.6 Å². The number of nitrogens with zero attached hydrogens (tertiary/aromatic N) is 1. The Morgan fingerprint density at radius 2 is 1.63 bits per heavy atom. The van der Waals surface area contributed by atoms with Crippen LogP contribution in [0.5, 0.6) is 5.75 Å². The molecule has 0 saturated carbocycles. The smallest absolute Gasteiger partial charge is 0.344 e. The molecule has 7 heteroatoms. The number of carbonyl (C=O) groups is 1. The maximum atomic E-state index is 12.2. The Bertz CT molecular complexity index is 1290. The summed E-state index contributed by atoms with van der Waals surface area (Å²) in [4.78, 5) is 24.2. The number of benzene rings is 3. The van der Waals surface area contributed by atoms with Crippen molar-refractivity contribution in [1.82, 2.24) is 10.2 Å². The van der Waals surface area contributed by atoms with E-state index in [2.05, 4.69) is 34.5 Å². The normalized spacial score (nSPS) is 11.8. The molecule has 4 aromatic rings. The minimum absolute atomic E-state index is 0.108. The van der Waals surface area contributed by atoms with Crippen LogP contribution in [0.25, 0.3) is 0 Å². The van der Waals surface area contributed by atoms with E-state index in [1.165, 1.54) is 6.92 Å². The molecule has 0 fully saturated rings. The third-order valence-corrected chi connectivity index (χ3v) is 6.56. The first-order valence-corrected chi connectivity index (χ1v) is 12.3. The number of rotatable bonds is 10. The summed E-state index contributed by atoms with van der Waals surface area (Å²) in [6.45, 7) is 1.50. The van der Waals surface area contributed by atoms with Crippen molar-refractivity contribution in [3.63, 3.8) is 0 Å². The minimum atomic E-state index is -1.01. The van der Waals surface area contributed by atoms with Crippen molar-refractivity contribution in [2.75, 3.05) is 5.75 Å². The highest BCUT2D eigenvalue weighted by molar-refractivity contribution is 7.99. The fourth-order valence-electron chi connectivity index (χ4n) is 3.87. The van der Waals surface area contributed by atoms with Crippen LogP contribution in [0.3, 0.4) is 0 Å². The quantitative estimate of drug-likeness (QED) is 0.302. The van der Waals surface area contributed by atoms with E-state index >= 15 is 0 Å². The second-order valence-corrected chi connectivity index (χ2v) is 9.24. The van der Waals surface area contributed by atoms with Crippen molar-refractivity contribution >= 4 is 17.7 Å². The molecular weight excluding hydrogens is 460 g/mol. The molecule has 3 aromatic carbocycles. The lowest BCUT2D eigenvalue weighted by Gasteiger charge is -2.20. The topological polar surface area (TPSA) is 92.3 Å². The van der Waals surface area contributed by atoms with E-state index in [4.69, 9.17) is 9.84 Å². The van der Waals surface area contributed by atoms with Gasteiger partial charge in [0.15, 0.2) is 6.10 Å². The Kier molecular flexibility index (Phi) is 8.00. The van der Waals surface area contributed by atoms with Crippen molar-refractivity contribution in [2.24, 2.45) is 0 Å². The summed E-state index contributed by atoms with van der Waals surface area (Å²) in [5.74, 6) is 0.107. The van der Waals surface area contributed by atoms with Crippen molar-refractivity contribution in [1.29, 1.82) is 0 Å². The van der Waals surface area contributed by atoms with Gasteiger partial charge < -0.3 is 9.84 Å². The molecule has 6 nitrogen and oxygen atoms in total. The van der Waals surface area contributed by atoms with Crippen LogP contribution in [-0.4, -0.2) is 33.1 Å². The van der Waals surface area contributed by atoms with Crippen LogP contribution in [0.1, 0.15) is 35.2 Å². The SMILES string of the molecule is C[C@H](Oc1cccc(SCCc2cc(=O)[nH]nc2C(c2ccccc2)c2ccccc2)c1)C(=O)O. The third kappa shape index (κ3) is 6.39. The molecule has 4 rings (SSSR count). The van der Waals surface area contributed by atoms with Crippen LogP contribution in [0, 0.1) is 0 Å². The van der Waals surface area contributed by atoms with Gasteiger partial charge in [-0.05, 0) is 48.2 Å². The first-order chi connectivity index (χ1) is 17.0. The molecule has 2 N–H and O–H groups in total. The molecule has 1 aromatic heterocycles. The summed E-state index contributed by atoms with van der Waals surface area (Å²) in [5.41, 5.74) is 3.70. The molecule has 0 unspecified atom stereocenters. The molecule has 0 aliphatic carbocycles. The summed E-state index contributed by atoms with van der Waals surface area (Å²) in [5, 5.41) is 16.2. The van der Waals surface area contributed by atoms with Crippen molar-refractivity contribution in [2.45, 2.75) is 30.3 Å². The summed E-state index contributed by atoms with van der Waals surface area (Å²) in [6.07, 6.45) is -0.281. The molecular formula is C28H26N2O4S. The maximum absolute atomic E-state index is 12.2. The Hall–Kier alpha value is -3.84. The van der Waals surface area contributed by atoms with Gasteiger partial charge in [-0.15, -0.1) is 11.8 Å². The standard InChI is InChI=1S/C28H26N2O4S/c1-19(28(32)33)34-23-13-8-14-24(18-23)35-16-15-22-17-25(31)29-30-27(22)26(20-9-4-2-5-10-20)21-11-6-3-7-12-21/h2-14,17-19,26H,15-16H2,1H3,(H,29,31)(H,32,33)/t19-/m0/s1. The highest BCUT2D eigenvalue weighted by Gasteiger charge is 2.22. The first-order valence-electron chi connectivity index (χ1n) is 11.3. The van der Waals surface area contributed by atoms with Crippen LogP contribution < -0.4 is 10.3 Å². The van der Waals surface area contributed by atoms with Crippen LogP contribution >= 0.6 is 11.8 Å². The Morgan fingerprint density at radius 3 is 2.26 bits per heavy atom. The average Bonchev–Trinajstić information content (AvgIpc) is 2.87. The Labute approximate surface area is 208 Å². The number of carboxylic acids is 1. The van der Waals surface area contributed by atoms with E-state index in [-0.39, 0.29) is 11.5 Å². The molecule has 0 amide bonds. The number of carboxylic acid groups (broad SMARTS) is 1. The summed E-state index contributed by atoms with van der Waals surface area (Å²) in [6, 6.07) is 29.3. The minimum Gasteiger partial charge on any atom is -0.479 e. The number of aryl methyl sites for hydroxylation is 1. The number of thioether (sulfide) groups is 1. The van der Waals surface area contributed by atoms with Crippen LogP contribution in [-0.2, 0) is 11.2 Å².